The van der Waals surface area contributed by atoms with Crippen LogP contribution < -0.4 is 14.8 Å². The van der Waals surface area contributed by atoms with Gasteiger partial charge < -0.3 is 10.1 Å². The van der Waals surface area contributed by atoms with E-state index in [9.17, 15) is 21.6 Å². The zero-order valence-electron chi connectivity index (χ0n) is 12.4. The van der Waals surface area contributed by atoms with Gasteiger partial charge in [-0.2, -0.15) is 13.2 Å². The van der Waals surface area contributed by atoms with Gasteiger partial charge in [-0.3, -0.25) is 0 Å². The second-order valence-corrected chi connectivity index (χ2v) is 7.06. The van der Waals surface area contributed by atoms with Gasteiger partial charge in [0.05, 0.1) is 6.20 Å². The molecule has 1 aliphatic heterocycles. The Morgan fingerprint density at radius 3 is 2.74 bits per heavy atom. The van der Waals surface area contributed by atoms with E-state index in [0.29, 0.717) is 6.42 Å². The zero-order chi connectivity index (χ0) is 17.1. The molecule has 6 nitrogen and oxygen atoms in total. The lowest BCUT2D eigenvalue weighted by atomic mass is 10.0. The van der Waals surface area contributed by atoms with Gasteiger partial charge in [-0.15, -0.1) is 0 Å². The van der Waals surface area contributed by atoms with Gasteiger partial charge >= 0.3 is 6.18 Å². The lowest BCUT2D eigenvalue weighted by molar-refractivity contribution is -0.154. The number of halogens is 3. The summed E-state index contributed by atoms with van der Waals surface area (Å²) in [4.78, 5) is 3.49. The molecular weight excluding hydrogens is 335 g/mol. The third-order valence-electron chi connectivity index (χ3n) is 3.47. The molecule has 130 valence electrons. The lowest BCUT2D eigenvalue weighted by Crippen LogP contribution is -2.51. The fourth-order valence-electron chi connectivity index (χ4n) is 2.24. The Kier molecular flexibility index (Phi) is 5.48. The number of piperidine rings is 1. The number of sulfonamides is 1. The molecule has 0 amide bonds. The smallest absolute Gasteiger partial charge is 0.422 e. The molecule has 1 fully saturated rings. The second-order valence-electron chi connectivity index (χ2n) is 5.35. The van der Waals surface area contributed by atoms with Crippen molar-refractivity contribution in [3.05, 3.63) is 18.3 Å². The number of aromatic nitrogens is 1. The molecule has 0 aliphatic carbocycles. The van der Waals surface area contributed by atoms with Crippen molar-refractivity contribution in [3.63, 3.8) is 0 Å². The molecule has 23 heavy (non-hydrogen) atoms. The maximum Gasteiger partial charge on any atom is 0.422 e. The number of hydrogen-bond acceptors (Lipinski definition) is 5. The molecular formula is C13H18F3N3O3S. The van der Waals surface area contributed by atoms with Gasteiger partial charge in [0.15, 0.2) is 6.61 Å². The van der Waals surface area contributed by atoms with E-state index in [1.165, 1.54) is 6.07 Å². The molecule has 0 spiro atoms. The molecule has 2 heterocycles. The van der Waals surface area contributed by atoms with Crippen molar-refractivity contribution in [2.24, 2.45) is 0 Å². The van der Waals surface area contributed by atoms with Crippen LogP contribution in [-0.4, -0.2) is 44.8 Å². The summed E-state index contributed by atoms with van der Waals surface area (Å²) in [5.41, 5.74) is 0. The highest BCUT2D eigenvalue weighted by atomic mass is 32.2. The minimum Gasteiger partial charge on any atom is -0.468 e. The standard InChI is InChI=1S/C13H18F3N3O3S/c1-9-11(3-2-6-17-9)19-23(20,21)10-4-5-12(18-7-10)22-8-13(14,15)16/h4-5,7,9,11,17,19H,2-3,6,8H2,1H3. The number of nitrogens with one attached hydrogen (secondary N) is 2. The van der Waals surface area contributed by atoms with E-state index in [1.54, 1.807) is 0 Å². The largest absolute Gasteiger partial charge is 0.468 e. The van der Waals surface area contributed by atoms with Crippen LogP contribution in [-0.2, 0) is 10.0 Å². The molecule has 0 bridgehead atoms. The predicted molar refractivity (Wildman–Crippen MR) is 76.6 cm³/mol. The van der Waals surface area contributed by atoms with Crippen LogP contribution in [0.2, 0.25) is 0 Å². The van der Waals surface area contributed by atoms with Crippen molar-refractivity contribution in [2.75, 3.05) is 13.2 Å². The average molecular weight is 353 g/mol. The Labute approximate surface area is 132 Å². The molecule has 10 heteroatoms. The molecule has 2 atom stereocenters. The van der Waals surface area contributed by atoms with E-state index in [0.717, 1.165) is 25.2 Å². The Bertz CT molecular complexity index is 620. The molecule has 1 aliphatic rings. The topological polar surface area (TPSA) is 80.3 Å². The van der Waals surface area contributed by atoms with E-state index in [2.05, 4.69) is 19.8 Å². The maximum absolute atomic E-state index is 12.3. The highest BCUT2D eigenvalue weighted by molar-refractivity contribution is 7.89. The predicted octanol–water partition coefficient (Wildman–Crippen LogP) is 1.44. The summed E-state index contributed by atoms with van der Waals surface area (Å²) in [6, 6.07) is 2.03. The fourth-order valence-corrected chi connectivity index (χ4v) is 3.53. The Morgan fingerprint density at radius 1 is 1.43 bits per heavy atom. The van der Waals surface area contributed by atoms with E-state index in [1.807, 2.05) is 6.92 Å². The molecule has 0 radical (unpaired) electrons. The van der Waals surface area contributed by atoms with Gasteiger partial charge in [-0.05, 0) is 32.4 Å². The first kappa shape index (κ1) is 18.0. The quantitative estimate of drug-likeness (QED) is 0.837. The Hall–Kier alpha value is -1.39. The van der Waals surface area contributed by atoms with Crippen molar-refractivity contribution in [1.29, 1.82) is 0 Å². The van der Waals surface area contributed by atoms with Crippen LogP contribution in [0.5, 0.6) is 5.88 Å². The van der Waals surface area contributed by atoms with E-state index < -0.39 is 22.8 Å². The number of rotatable bonds is 5. The van der Waals surface area contributed by atoms with Gasteiger partial charge in [-0.25, -0.2) is 18.1 Å². The van der Waals surface area contributed by atoms with Gasteiger partial charge in [0, 0.05) is 18.2 Å². The second kappa shape index (κ2) is 7.02. The molecule has 2 rings (SSSR count). The Balaban J connectivity index is 2.02. The number of alkyl halides is 3. The first-order valence-electron chi connectivity index (χ1n) is 7.09. The summed E-state index contributed by atoms with van der Waals surface area (Å²) < 4.78 is 67.7. The van der Waals surface area contributed by atoms with Gasteiger partial charge in [0.2, 0.25) is 15.9 Å². The van der Waals surface area contributed by atoms with Gasteiger partial charge in [0.25, 0.3) is 0 Å². The molecule has 1 saturated heterocycles. The zero-order valence-corrected chi connectivity index (χ0v) is 13.2. The summed E-state index contributed by atoms with van der Waals surface area (Å²) >= 11 is 0. The molecule has 2 N–H and O–H groups in total. The fraction of sp³-hybridized carbons (Fsp3) is 0.615. The van der Waals surface area contributed by atoms with Crippen molar-refractivity contribution >= 4 is 10.0 Å². The molecule has 0 saturated carbocycles. The minimum atomic E-state index is -4.47. The number of nitrogens with zero attached hydrogens (tertiary/aromatic N) is 1. The van der Waals surface area contributed by atoms with Crippen molar-refractivity contribution in [2.45, 2.75) is 42.9 Å². The van der Waals surface area contributed by atoms with E-state index in [-0.39, 0.29) is 22.9 Å². The van der Waals surface area contributed by atoms with E-state index in [4.69, 9.17) is 0 Å². The first-order valence-corrected chi connectivity index (χ1v) is 8.57. The van der Waals surface area contributed by atoms with Gasteiger partial charge in [-0.1, -0.05) is 0 Å². The van der Waals surface area contributed by atoms with Crippen molar-refractivity contribution in [1.82, 2.24) is 15.0 Å². The first-order chi connectivity index (χ1) is 10.7. The van der Waals surface area contributed by atoms with Crippen molar-refractivity contribution in [3.8, 4) is 5.88 Å². The summed E-state index contributed by atoms with van der Waals surface area (Å²) in [5.74, 6) is -0.283. The maximum atomic E-state index is 12.3. The molecule has 2 unspecified atom stereocenters. The normalized spacial score (nSPS) is 22.8. The summed E-state index contributed by atoms with van der Waals surface area (Å²) in [5, 5.41) is 3.18. The summed E-state index contributed by atoms with van der Waals surface area (Å²) in [7, 11) is -3.78. The number of ether oxygens (including phenoxy) is 1. The SMILES string of the molecule is CC1NCCCC1NS(=O)(=O)c1ccc(OCC(F)(F)F)nc1. The summed E-state index contributed by atoms with van der Waals surface area (Å²) in [6.07, 6.45) is -1.92. The van der Waals surface area contributed by atoms with Crippen LogP contribution in [0.15, 0.2) is 23.2 Å². The van der Waals surface area contributed by atoms with Crippen LogP contribution in [0.4, 0.5) is 13.2 Å². The van der Waals surface area contributed by atoms with Crippen LogP contribution in [0.1, 0.15) is 19.8 Å². The minimum absolute atomic E-state index is 0.000811. The van der Waals surface area contributed by atoms with Crippen LogP contribution in [0, 0.1) is 0 Å². The highest BCUT2D eigenvalue weighted by Gasteiger charge is 2.29. The van der Waals surface area contributed by atoms with Crippen LogP contribution in [0.3, 0.4) is 0 Å². The Morgan fingerprint density at radius 2 is 2.17 bits per heavy atom. The monoisotopic (exact) mass is 353 g/mol. The average Bonchev–Trinajstić information content (AvgIpc) is 2.47. The third-order valence-corrected chi connectivity index (χ3v) is 4.95. The molecule has 1 aromatic rings. The number of hydrogen-bond donors (Lipinski definition) is 2. The molecule has 0 aromatic carbocycles. The lowest BCUT2D eigenvalue weighted by Gasteiger charge is -2.30. The van der Waals surface area contributed by atoms with Crippen molar-refractivity contribution < 1.29 is 26.3 Å². The van der Waals surface area contributed by atoms with Crippen LogP contribution in [0.25, 0.3) is 0 Å². The number of pyridine rings is 1. The van der Waals surface area contributed by atoms with Crippen LogP contribution >= 0.6 is 0 Å². The molecule has 1 aromatic heterocycles. The van der Waals surface area contributed by atoms with Gasteiger partial charge in [0.1, 0.15) is 4.90 Å². The summed E-state index contributed by atoms with van der Waals surface area (Å²) in [6.45, 7) is 1.25. The highest BCUT2D eigenvalue weighted by Crippen LogP contribution is 2.19. The van der Waals surface area contributed by atoms with E-state index >= 15 is 0 Å². The third kappa shape index (κ3) is 5.33.